The Morgan fingerprint density at radius 2 is 1.78 bits per heavy atom. The van der Waals surface area contributed by atoms with Gasteiger partial charge in [0.05, 0.1) is 5.56 Å². The molecule has 120 valence electrons. The van der Waals surface area contributed by atoms with Crippen LogP contribution in [0.1, 0.15) is 29.7 Å². The molecule has 1 aliphatic heterocycles. The van der Waals surface area contributed by atoms with Crippen LogP contribution < -0.4 is 0 Å². The van der Waals surface area contributed by atoms with Gasteiger partial charge in [-0.25, -0.2) is 4.58 Å². The molecule has 2 unspecified atom stereocenters. The topological polar surface area (TPSA) is 83.9 Å². The van der Waals surface area contributed by atoms with E-state index in [1.165, 1.54) is 12.1 Å². The van der Waals surface area contributed by atoms with Gasteiger partial charge in [0, 0.05) is 18.1 Å². The molecule has 0 aromatic heterocycles. The number of phenols is 3. The molecule has 0 radical (unpaired) electrons. The smallest absolute Gasteiger partial charge is 0.175 e. The lowest BCUT2D eigenvalue weighted by Crippen LogP contribution is -2.34. The van der Waals surface area contributed by atoms with E-state index in [0.717, 1.165) is 12.0 Å². The highest BCUT2D eigenvalue weighted by molar-refractivity contribution is 5.83. The van der Waals surface area contributed by atoms with Gasteiger partial charge in [0.2, 0.25) is 0 Å². The Morgan fingerprint density at radius 3 is 2.48 bits per heavy atom. The fraction of sp³-hybridized carbons (Fsp3) is 0.278. The number of nitrogens with zero attached hydrogens (tertiary/aromatic N) is 1. The van der Waals surface area contributed by atoms with E-state index in [9.17, 15) is 20.4 Å². The minimum Gasteiger partial charge on any atom is -0.508 e. The van der Waals surface area contributed by atoms with E-state index in [2.05, 4.69) is 0 Å². The molecule has 4 N–H and O–H groups in total. The average Bonchev–Trinajstić information content (AvgIpc) is 2.50. The molecule has 23 heavy (non-hydrogen) atoms. The van der Waals surface area contributed by atoms with Gasteiger partial charge in [0.15, 0.2) is 18.8 Å². The van der Waals surface area contributed by atoms with Crippen molar-refractivity contribution in [1.29, 1.82) is 0 Å². The van der Waals surface area contributed by atoms with E-state index in [-0.39, 0.29) is 23.3 Å². The molecule has 2 aromatic rings. The van der Waals surface area contributed by atoms with E-state index in [4.69, 9.17) is 0 Å². The van der Waals surface area contributed by atoms with Gasteiger partial charge in [-0.3, -0.25) is 0 Å². The summed E-state index contributed by atoms with van der Waals surface area (Å²) >= 11 is 0. The largest absolute Gasteiger partial charge is 0.508 e. The first-order valence-electron chi connectivity index (χ1n) is 7.56. The fourth-order valence-corrected chi connectivity index (χ4v) is 2.97. The number of β-amino-alcohol motifs (C(OH)–C–C–N with tert-alkyl or cyclic N) is 1. The Labute approximate surface area is 134 Å². The Bertz CT molecular complexity index is 752. The van der Waals surface area contributed by atoms with Crippen molar-refractivity contribution in [3.05, 3.63) is 53.1 Å². The van der Waals surface area contributed by atoms with Crippen LogP contribution in [-0.2, 0) is 6.42 Å². The van der Waals surface area contributed by atoms with Gasteiger partial charge in [-0.05, 0) is 30.7 Å². The van der Waals surface area contributed by atoms with Crippen LogP contribution in [0.2, 0.25) is 0 Å². The Hall–Kier alpha value is -2.53. The van der Waals surface area contributed by atoms with Gasteiger partial charge in [-0.1, -0.05) is 12.1 Å². The van der Waals surface area contributed by atoms with Crippen LogP contribution in [0.3, 0.4) is 0 Å². The molecule has 5 heteroatoms. The standard InChI is InChI=1S/C18H19NO4/c1-11(6-12-2-4-13(20)5-3-12)19-9-16-15(18(23)10-19)7-14(21)8-17(16)22/h2-5,7-9,11,18,23H,6,10H2,1H3,(H2,20,21,22)/p+1. The first-order chi connectivity index (χ1) is 10.9. The second kappa shape index (κ2) is 5.93. The number of rotatable bonds is 3. The first-order valence-corrected chi connectivity index (χ1v) is 7.56. The number of fused-ring (bicyclic) bond motifs is 1. The summed E-state index contributed by atoms with van der Waals surface area (Å²) in [6, 6.07) is 9.91. The van der Waals surface area contributed by atoms with Gasteiger partial charge >= 0.3 is 0 Å². The SMILES string of the molecule is CC(Cc1ccc(O)cc1)[N+]1=Cc2c(O)cc(O)cc2C(O)C1. The maximum absolute atomic E-state index is 10.3. The van der Waals surface area contributed by atoms with Gasteiger partial charge < -0.3 is 20.4 Å². The lowest BCUT2D eigenvalue weighted by molar-refractivity contribution is -0.568. The molecule has 0 bridgehead atoms. The molecule has 2 aromatic carbocycles. The molecule has 1 heterocycles. The zero-order valence-corrected chi connectivity index (χ0v) is 12.8. The summed E-state index contributed by atoms with van der Waals surface area (Å²) in [6.07, 6.45) is 1.80. The van der Waals surface area contributed by atoms with Crippen LogP contribution in [-0.4, -0.2) is 43.8 Å². The average molecular weight is 314 g/mol. The molecular weight excluding hydrogens is 294 g/mol. The third-order valence-electron chi connectivity index (χ3n) is 4.25. The normalized spacial score (nSPS) is 18.2. The number of benzene rings is 2. The molecule has 0 amide bonds. The van der Waals surface area contributed by atoms with Crippen molar-refractivity contribution in [3.8, 4) is 17.2 Å². The maximum atomic E-state index is 10.3. The van der Waals surface area contributed by atoms with E-state index < -0.39 is 6.10 Å². The van der Waals surface area contributed by atoms with Crippen molar-refractivity contribution < 1.29 is 25.0 Å². The summed E-state index contributed by atoms with van der Waals surface area (Å²) in [4.78, 5) is 0. The number of aliphatic hydroxyl groups excluding tert-OH is 1. The van der Waals surface area contributed by atoms with E-state index in [1.54, 1.807) is 12.1 Å². The zero-order valence-electron chi connectivity index (χ0n) is 12.8. The Morgan fingerprint density at radius 1 is 1.09 bits per heavy atom. The van der Waals surface area contributed by atoms with Crippen LogP contribution in [0, 0.1) is 0 Å². The van der Waals surface area contributed by atoms with Gasteiger partial charge in [-0.2, -0.15) is 0 Å². The quantitative estimate of drug-likeness (QED) is 0.652. The lowest BCUT2D eigenvalue weighted by atomic mass is 9.97. The number of aliphatic hydroxyl groups is 1. The molecule has 5 nitrogen and oxygen atoms in total. The predicted molar refractivity (Wildman–Crippen MR) is 86.3 cm³/mol. The van der Waals surface area contributed by atoms with Crippen molar-refractivity contribution >= 4 is 6.21 Å². The highest BCUT2D eigenvalue weighted by atomic mass is 16.3. The molecule has 0 spiro atoms. The third kappa shape index (κ3) is 3.14. The van der Waals surface area contributed by atoms with Crippen LogP contribution in [0.15, 0.2) is 36.4 Å². The van der Waals surface area contributed by atoms with E-state index >= 15 is 0 Å². The van der Waals surface area contributed by atoms with Gasteiger partial charge in [0.1, 0.15) is 23.4 Å². The predicted octanol–water partition coefficient (Wildman–Crippen LogP) is 1.91. The number of phenolic OH excluding ortho intramolecular Hbond substituents is 3. The Balaban J connectivity index is 1.88. The lowest BCUT2D eigenvalue weighted by Gasteiger charge is -2.22. The highest BCUT2D eigenvalue weighted by Crippen LogP contribution is 2.32. The van der Waals surface area contributed by atoms with Crippen LogP contribution in [0.5, 0.6) is 17.2 Å². The van der Waals surface area contributed by atoms with Crippen molar-refractivity contribution in [2.24, 2.45) is 0 Å². The van der Waals surface area contributed by atoms with Crippen molar-refractivity contribution in [3.63, 3.8) is 0 Å². The molecule has 3 rings (SSSR count). The highest BCUT2D eigenvalue weighted by Gasteiger charge is 2.30. The van der Waals surface area contributed by atoms with E-state index in [1.807, 2.05) is 29.8 Å². The van der Waals surface area contributed by atoms with Crippen molar-refractivity contribution in [2.45, 2.75) is 25.5 Å². The summed E-state index contributed by atoms with van der Waals surface area (Å²) in [5.74, 6) is 0.139. The van der Waals surface area contributed by atoms with Gasteiger partial charge in [-0.15, -0.1) is 0 Å². The molecular formula is C18H20NO4+. The zero-order chi connectivity index (χ0) is 16.6. The summed E-state index contributed by atoms with van der Waals surface area (Å²) in [6.45, 7) is 2.44. The summed E-state index contributed by atoms with van der Waals surface area (Å²) in [5.41, 5.74) is 2.16. The number of hydrogen-bond acceptors (Lipinski definition) is 4. The second-order valence-electron chi connectivity index (χ2n) is 6.03. The molecule has 0 aliphatic carbocycles. The minimum absolute atomic E-state index is 0.0411. The molecule has 0 saturated carbocycles. The summed E-state index contributed by atoms with van der Waals surface area (Å²) in [7, 11) is 0. The monoisotopic (exact) mass is 314 g/mol. The molecule has 0 saturated heterocycles. The Kier molecular flexibility index (Phi) is 3.96. The minimum atomic E-state index is -0.768. The second-order valence-corrected chi connectivity index (χ2v) is 6.03. The molecule has 2 atom stereocenters. The number of aromatic hydroxyl groups is 3. The first kappa shape index (κ1) is 15.4. The fourth-order valence-electron chi connectivity index (χ4n) is 2.97. The van der Waals surface area contributed by atoms with Gasteiger partial charge in [0.25, 0.3) is 0 Å². The molecule has 1 aliphatic rings. The summed E-state index contributed by atoms with van der Waals surface area (Å²) < 4.78 is 1.98. The van der Waals surface area contributed by atoms with E-state index in [0.29, 0.717) is 17.7 Å². The maximum Gasteiger partial charge on any atom is 0.175 e. The van der Waals surface area contributed by atoms with Crippen molar-refractivity contribution in [2.75, 3.05) is 6.54 Å². The van der Waals surface area contributed by atoms with Crippen LogP contribution >= 0.6 is 0 Å². The number of hydrogen-bond donors (Lipinski definition) is 4. The third-order valence-corrected chi connectivity index (χ3v) is 4.25. The molecule has 0 fully saturated rings. The van der Waals surface area contributed by atoms with Crippen LogP contribution in [0.4, 0.5) is 0 Å². The van der Waals surface area contributed by atoms with Crippen molar-refractivity contribution in [1.82, 2.24) is 0 Å². The summed E-state index contributed by atoms with van der Waals surface area (Å²) in [5, 5.41) is 39.2. The van der Waals surface area contributed by atoms with Crippen LogP contribution in [0.25, 0.3) is 0 Å².